The summed E-state index contributed by atoms with van der Waals surface area (Å²) in [5.74, 6) is -0.531. The highest BCUT2D eigenvalue weighted by molar-refractivity contribution is 7.91. The number of rotatable bonds is 5. The van der Waals surface area contributed by atoms with Crippen LogP contribution in [0.2, 0.25) is 0 Å². The van der Waals surface area contributed by atoms with Gasteiger partial charge in [-0.05, 0) is 0 Å². The van der Waals surface area contributed by atoms with Gasteiger partial charge in [0.15, 0.2) is 15.6 Å². The average molecular weight is 325 g/mol. The molecule has 0 heterocycles. The number of sulfone groups is 1. The normalized spacial score (nSPS) is 25.0. The van der Waals surface area contributed by atoms with Gasteiger partial charge >= 0.3 is 0 Å². The van der Waals surface area contributed by atoms with Gasteiger partial charge in [0.25, 0.3) is 0 Å². The number of carbonyl (C=O) groups excluding carboxylic acids is 1. The van der Waals surface area contributed by atoms with E-state index in [0.29, 0.717) is 5.56 Å². The second-order valence-corrected chi connectivity index (χ2v) is 8.13. The number of alkyl halides is 1. The molecule has 0 saturated carbocycles. The second-order valence-electron chi connectivity index (χ2n) is 5.08. The number of hydrogen-bond donors (Lipinski definition) is 0. The summed E-state index contributed by atoms with van der Waals surface area (Å²) < 4.78 is 23.4. The minimum atomic E-state index is -3.19. The molecule has 0 amide bonds. The van der Waals surface area contributed by atoms with Gasteiger partial charge in [0.05, 0.1) is 16.5 Å². The lowest BCUT2D eigenvalue weighted by Crippen LogP contribution is -2.31. The molecule has 0 radical (unpaired) electrons. The van der Waals surface area contributed by atoms with Crippen molar-refractivity contribution in [2.75, 3.05) is 11.5 Å². The molecular weight excluding hydrogens is 308 g/mol. The smallest absolute Gasteiger partial charge is 0.173 e. The zero-order chi connectivity index (χ0) is 15.5. The van der Waals surface area contributed by atoms with Crippen LogP contribution >= 0.6 is 11.6 Å². The third kappa shape index (κ3) is 4.05. The molecule has 112 valence electrons. The molecule has 0 bridgehead atoms. The Bertz CT molecular complexity index is 661. The molecule has 0 atom stereocenters. The maximum absolute atomic E-state index is 12.3. The second kappa shape index (κ2) is 6.16. The van der Waals surface area contributed by atoms with Crippen molar-refractivity contribution in [1.82, 2.24) is 0 Å². The molecule has 2 rings (SSSR count). The van der Waals surface area contributed by atoms with Crippen molar-refractivity contribution in [1.29, 1.82) is 0 Å². The number of Topliss-reactive ketones (excluding diaryl/α,β-unsaturated/α-hetero) is 1. The third-order valence-electron chi connectivity index (χ3n) is 3.40. The summed E-state index contributed by atoms with van der Waals surface area (Å²) in [7, 11) is -3.19. The summed E-state index contributed by atoms with van der Waals surface area (Å²) in [6.45, 7) is 1.59. The fraction of sp³-hybridized carbons (Fsp3) is 0.312. The third-order valence-corrected chi connectivity index (χ3v) is 5.74. The lowest BCUT2D eigenvalue weighted by Gasteiger charge is -2.23. The van der Waals surface area contributed by atoms with E-state index in [2.05, 4.69) is 0 Å². The molecule has 0 aliphatic heterocycles. The van der Waals surface area contributed by atoms with Crippen LogP contribution in [0.4, 0.5) is 0 Å². The van der Waals surface area contributed by atoms with Crippen molar-refractivity contribution in [2.45, 2.75) is 11.8 Å². The van der Waals surface area contributed by atoms with Gasteiger partial charge in [-0.25, -0.2) is 8.42 Å². The highest BCUT2D eigenvalue weighted by Gasteiger charge is 2.31. The van der Waals surface area contributed by atoms with Crippen LogP contribution in [0.3, 0.4) is 0 Å². The minimum Gasteiger partial charge on any atom is -0.293 e. The first-order valence-electron chi connectivity index (χ1n) is 6.72. The van der Waals surface area contributed by atoms with Crippen molar-refractivity contribution < 1.29 is 13.2 Å². The molecule has 0 fully saturated rings. The Morgan fingerprint density at radius 3 is 2.29 bits per heavy atom. The molecule has 3 nitrogen and oxygen atoms in total. The number of hydrogen-bond acceptors (Lipinski definition) is 3. The Balaban J connectivity index is 2.13. The van der Waals surface area contributed by atoms with E-state index in [1.165, 1.54) is 0 Å². The first-order chi connectivity index (χ1) is 9.85. The Kier molecular flexibility index (Phi) is 4.69. The van der Waals surface area contributed by atoms with E-state index < -0.39 is 20.6 Å². The minimum absolute atomic E-state index is 0.0276. The van der Waals surface area contributed by atoms with E-state index in [-0.39, 0.29) is 17.3 Å². The first kappa shape index (κ1) is 16.0. The summed E-state index contributed by atoms with van der Waals surface area (Å²) in [6.07, 6.45) is 6.56. The first-order valence-corrected chi connectivity index (χ1v) is 8.92. The van der Waals surface area contributed by atoms with Gasteiger partial charge in [-0.1, -0.05) is 61.6 Å². The molecule has 1 aliphatic rings. The average Bonchev–Trinajstić information content (AvgIpc) is 2.47. The summed E-state index contributed by atoms with van der Waals surface area (Å²) in [4.78, 5) is 11.2. The monoisotopic (exact) mass is 324 g/mol. The highest BCUT2D eigenvalue weighted by Crippen LogP contribution is 2.28. The van der Waals surface area contributed by atoms with Crippen LogP contribution in [0, 0.1) is 5.92 Å². The SMILES string of the molecule is CCS(=O)(=O)CC1(Cl)C=CC(C(=O)c2ccccc2)C=C1. The van der Waals surface area contributed by atoms with E-state index >= 15 is 0 Å². The molecule has 0 aromatic heterocycles. The van der Waals surface area contributed by atoms with E-state index in [9.17, 15) is 13.2 Å². The van der Waals surface area contributed by atoms with E-state index in [0.717, 1.165) is 0 Å². The maximum Gasteiger partial charge on any atom is 0.173 e. The Hall–Kier alpha value is -1.39. The predicted octanol–water partition coefficient (Wildman–Crippen LogP) is 3.02. The molecule has 0 saturated heterocycles. The zero-order valence-corrected chi connectivity index (χ0v) is 13.3. The van der Waals surface area contributed by atoms with Gasteiger partial charge in [-0.3, -0.25) is 4.79 Å². The van der Waals surface area contributed by atoms with Crippen LogP contribution in [-0.2, 0) is 9.84 Å². The number of benzene rings is 1. The van der Waals surface area contributed by atoms with Crippen molar-refractivity contribution in [3.05, 3.63) is 60.2 Å². The lowest BCUT2D eigenvalue weighted by molar-refractivity contribution is 0.0964. The number of ketones is 1. The van der Waals surface area contributed by atoms with Gasteiger partial charge in [0.1, 0.15) is 0 Å². The Morgan fingerprint density at radius 1 is 1.19 bits per heavy atom. The standard InChI is InChI=1S/C16H17ClO3S/c1-2-21(19,20)12-16(17)10-8-14(9-11-16)15(18)13-6-4-3-5-7-13/h3-11,14H,2,12H2,1H3. The van der Waals surface area contributed by atoms with Crippen LogP contribution < -0.4 is 0 Å². The van der Waals surface area contributed by atoms with Crippen molar-refractivity contribution in [3.63, 3.8) is 0 Å². The Morgan fingerprint density at radius 2 is 1.76 bits per heavy atom. The Labute approximate surface area is 130 Å². The van der Waals surface area contributed by atoms with Crippen LogP contribution in [0.25, 0.3) is 0 Å². The maximum atomic E-state index is 12.3. The van der Waals surface area contributed by atoms with Gasteiger partial charge in [0, 0.05) is 11.3 Å². The van der Waals surface area contributed by atoms with Crippen molar-refractivity contribution in [2.24, 2.45) is 5.92 Å². The molecule has 21 heavy (non-hydrogen) atoms. The van der Waals surface area contributed by atoms with E-state index in [1.54, 1.807) is 43.4 Å². The van der Waals surface area contributed by atoms with E-state index in [4.69, 9.17) is 11.6 Å². The molecule has 1 aromatic carbocycles. The van der Waals surface area contributed by atoms with Crippen molar-refractivity contribution in [3.8, 4) is 0 Å². The van der Waals surface area contributed by atoms with Crippen LogP contribution in [0.1, 0.15) is 17.3 Å². The summed E-state index contributed by atoms with van der Waals surface area (Å²) in [6, 6.07) is 8.98. The van der Waals surface area contributed by atoms with Crippen LogP contribution in [-0.4, -0.2) is 30.6 Å². The molecule has 0 N–H and O–H groups in total. The number of carbonyl (C=O) groups is 1. The van der Waals surface area contributed by atoms with Crippen LogP contribution in [0.5, 0.6) is 0 Å². The van der Waals surface area contributed by atoms with Gasteiger partial charge < -0.3 is 0 Å². The molecule has 0 spiro atoms. The number of halogens is 1. The largest absolute Gasteiger partial charge is 0.293 e. The van der Waals surface area contributed by atoms with Gasteiger partial charge in [-0.2, -0.15) is 0 Å². The fourth-order valence-electron chi connectivity index (χ4n) is 2.15. The molecular formula is C16H17ClO3S. The molecule has 5 heteroatoms. The molecule has 0 unspecified atom stereocenters. The predicted molar refractivity (Wildman–Crippen MR) is 85.5 cm³/mol. The topological polar surface area (TPSA) is 51.2 Å². The molecule has 1 aliphatic carbocycles. The van der Waals surface area contributed by atoms with Gasteiger partial charge in [0.2, 0.25) is 0 Å². The lowest BCUT2D eigenvalue weighted by atomic mass is 9.90. The fourth-order valence-corrected chi connectivity index (χ4v) is 3.87. The van der Waals surface area contributed by atoms with Gasteiger partial charge in [-0.15, -0.1) is 11.6 Å². The zero-order valence-electron chi connectivity index (χ0n) is 11.7. The summed E-state index contributed by atoms with van der Waals surface area (Å²) in [5, 5.41) is 0. The molecule has 1 aromatic rings. The quantitative estimate of drug-likeness (QED) is 0.475. The van der Waals surface area contributed by atoms with Crippen LogP contribution in [0.15, 0.2) is 54.6 Å². The highest BCUT2D eigenvalue weighted by atomic mass is 35.5. The number of allylic oxidation sites excluding steroid dienone is 4. The summed E-state index contributed by atoms with van der Waals surface area (Å²) >= 11 is 6.29. The van der Waals surface area contributed by atoms with E-state index in [1.807, 2.05) is 18.2 Å². The van der Waals surface area contributed by atoms with Crippen molar-refractivity contribution >= 4 is 27.2 Å². The summed E-state index contributed by atoms with van der Waals surface area (Å²) in [5.41, 5.74) is 0.625.